The molecule has 0 bridgehead atoms. The van der Waals surface area contributed by atoms with Crippen molar-refractivity contribution in [3.63, 3.8) is 0 Å². The molecule has 8 heteroatoms. The molecule has 0 aliphatic carbocycles. The van der Waals surface area contributed by atoms with Gasteiger partial charge in [0.15, 0.2) is 5.69 Å². The lowest BCUT2D eigenvalue weighted by Crippen LogP contribution is -2.42. The van der Waals surface area contributed by atoms with Crippen molar-refractivity contribution in [2.75, 3.05) is 31.2 Å². The van der Waals surface area contributed by atoms with Crippen LogP contribution in [0.4, 0.5) is 18.9 Å². The number of rotatable bonds is 4. The van der Waals surface area contributed by atoms with Gasteiger partial charge in [-0.15, -0.1) is 0 Å². The first-order valence-electron chi connectivity index (χ1n) is 10.6. The second-order valence-corrected chi connectivity index (χ2v) is 8.88. The molecule has 4 rings (SSSR count). The van der Waals surface area contributed by atoms with Gasteiger partial charge in [-0.25, -0.2) is 4.98 Å². The molecule has 4 heterocycles. The number of ether oxygens (including phenoxy) is 1. The molecular weight excluding hydrogens is 395 g/mol. The second-order valence-electron chi connectivity index (χ2n) is 8.88. The maximum Gasteiger partial charge on any atom is 0.435 e. The van der Waals surface area contributed by atoms with Gasteiger partial charge in [0.25, 0.3) is 0 Å². The molecule has 1 N–H and O–H groups in total. The number of fused-ring (bicyclic) bond motifs is 1. The minimum Gasteiger partial charge on any atom is -0.390 e. The van der Waals surface area contributed by atoms with E-state index in [2.05, 4.69) is 21.8 Å². The van der Waals surface area contributed by atoms with Crippen LogP contribution in [0.5, 0.6) is 0 Å². The molecule has 2 aliphatic heterocycles. The van der Waals surface area contributed by atoms with Crippen LogP contribution in [-0.2, 0) is 10.9 Å². The second kappa shape index (κ2) is 8.30. The maximum absolute atomic E-state index is 13.4. The number of halogens is 3. The minimum absolute atomic E-state index is 0.103. The number of piperidine rings is 1. The van der Waals surface area contributed by atoms with Gasteiger partial charge in [0, 0.05) is 37.9 Å². The molecule has 0 amide bonds. The van der Waals surface area contributed by atoms with Crippen molar-refractivity contribution in [2.24, 2.45) is 11.8 Å². The first-order valence-corrected chi connectivity index (χ1v) is 10.6. The van der Waals surface area contributed by atoms with Crippen LogP contribution in [0.2, 0.25) is 0 Å². The summed E-state index contributed by atoms with van der Waals surface area (Å²) >= 11 is 0. The van der Waals surface area contributed by atoms with Crippen LogP contribution in [-0.4, -0.2) is 47.0 Å². The summed E-state index contributed by atoms with van der Waals surface area (Å²) in [6.07, 6.45) is 2.18. The number of aromatic nitrogens is 2. The Kier molecular flexibility index (Phi) is 5.90. The smallest absolute Gasteiger partial charge is 0.390 e. The van der Waals surface area contributed by atoms with Gasteiger partial charge in [-0.3, -0.25) is 4.98 Å². The van der Waals surface area contributed by atoms with E-state index in [4.69, 9.17) is 4.74 Å². The van der Waals surface area contributed by atoms with Crippen LogP contribution >= 0.6 is 0 Å². The van der Waals surface area contributed by atoms with E-state index in [9.17, 15) is 18.3 Å². The average molecular weight is 423 g/mol. The lowest BCUT2D eigenvalue weighted by Gasteiger charge is -2.40. The molecule has 2 aliphatic rings. The molecular formula is C22H28F3N3O2. The maximum atomic E-state index is 13.4. The first kappa shape index (κ1) is 21.3. The van der Waals surface area contributed by atoms with Gasteiger partial charge in [0.05, 0.1) is 17.5 Å². The molecule has 30 heavy (non-hydrogen) atoms. The Morgan fingerprint density at radius 3 is 2.73 bits per heavy atom. The predicted molar refractivity (Wildman–Crippen MR) is 108 cm³/mol. The molecule has 2 fully saturated rings. The number of hydrogen-bond acceptors (Lipinski definition) is 5. The molecule has 0 aromatic carbocycles. The zero-order valence-electron chi connectivity index (χ0n) is 17.2. The summed E-state index contributed by atoms with van der Waals surface area (Å²) in [4.78, 5) is 9.89. The van der Waals surface area contributed by atoms with Crippen molar-refractivity contribution in [1.29, 1.82) is 0 Å². The third kappa shape index (κ3) is 4.54. The van der Waals surface area contributed by atoms with Gasteiger partial charge < -0.3 is 14.7 Å². The quantitative estimate of drug-likeness (QED) is 0.788. The minimum atomic E-state index is -4.54. The van der Waals surface area contributed by atoms with Gasteiger partial charge >= 0.3 is 6.18 Å². The lowest BCUT2D eigenvalue weighted by molar-refractivity contribution is -0.139. The largest absolute Gasteiger partial charge is 0.435 e. The summed E-state index contributed by atoms with van der Waals surface area (Å²) in [5.74, 6) is 0.775. The fourth-order valence-electron chi connectivity index (χ4n) is 4.88. The van der Waals surface area contributed by atoms with Crippen molar-refractivity contribution in [1.82, 2.24) is 9.97 Å². The van der Waals surface area contributed by atoms with E-state index in [1.165, 1.54) is 12.4 Å². The zero-order chi connectivity index (χ0) is 21.4. The van der Waals surface area contributed by atoms with Crippen LogP contribution in [0.15, 0.2) is 24.5 Å². The Hall–Kier alpha value is -1.93. The topological polar surface area (TPSA) is 58.5 Å². The number of pyridine rings is 2. The number of nitrogens with zero attached hydrogens (tertiary/aromatic N) is 3. The SMILES string of the molecule is C[C@H]1C[C@@H](CCC2(O)CCOCC2)CN(c2cnc(C(F)(F)F)c3ncccc23)C1. The molecule has 164 valence electrons. The van der Waals surface area contributed by atoms with Crippen LogP contribution in [0, 0.1) is 11.8 Å². The summed E-state index contributed by atoms with van der Waals surface area (Å²) in [5, 5.41) is 11.3. The van der Waals surface area contributed by atoms with Crippen LogP contribution < -0.4 is 4.90 Å². The third-order valence-corrected chi connectivity index (χ3v) is 6.42. The van der Waals surface area contributed by atoms with Gasteiger partial charge in [-0.1, -0.05) is 6.92 Å². The van der Waals surface area contributed by atoms with Gasteiger partial charge in [0.2, 0.25) is 0 Å². The molecule has 0 radical (unpaired) electrons. The predicted octanol–water partition coefficient (Wildman–Crippen LogP) is 4.43. The summed E-state index contributed by atoms with van der Waals surface area (Å²) in [7, 11) is 0. The summed E-state index contributed by atoms with van der Waals surface area (Å²) in [6, 6.07) is 3.35. The van der Waals surface area contributed by atoms with Crippen molar-refractivity contribution in [3.8, 4) is 0 Å². The molecule has 0 spiro atoms. The highest BCUT2D eigenvalue weighted by Gasteiger charge is 2.37. The Morgan fingerprint density at radius 2 is 2.00 bits per heavy atom. The van der Waals surface area contributed by atoms with E-state index in [1.54, 1.807) is 12.1 Å². The normalized spacial score (nSPS) is 24.9. The van der Waals surface area contributed by atoms with Crippen LogP contribution in [0.1, 0.15) is 44.7 Å². The average Bonchev–Trinajstić information content (AvgIpc) is 2.71. The molecule has 2 saturated heterocycles. The Morgan fingerprint density at radius 1 is 1.23 bits per heavy atom. The number of alkyl halides is 3. The number of hydrogen-bond donors (Lipinski definition) is 1. The number of aliphatic hydroxyl groups is 1. The molecule has 2 aromatic heterocycles. The molecule has 2 atom stereocenters. The van der Waals surface area contributed by atoms with Gasteiger partial charge in [-0.2, -0.15) is 13.2 Å². The monoisotopic (exact) mass is 423 g/mol. The highest BCUT2D eigenvalue weighted by Crippen LogP contribution is 2.38. The Labute approximate surface area is 174 Å². The Balaban J connectivity index is 1.55. The third-order valence-electron chi connectivity index (χ3n) is 6.42. The van der Waals surface area contributed by atoms with Crippen LogP contribution in [0.3, 0.4) is 0 Å². The van der Waals surface area contributed by atoms with Crippen molar-refractivity contribution >= 4 is 16.6 Å². The molecule has 0 unspecified atom stereocenters. The highest BCUT2D eigenvalue weighted by atomic mass is 19.4. The Bertz CT molecular complexity index is 884. The summed E-state index contributed by atoms with van der Waals surface area (Å²) in [5.41, 5.74) is -0.998. The van der Waals surface area contributed by atoms with Crippen molar-refractivity contribution < 1.29 is 23.0 Å². The fourth-order valence-corrected chi connectivity index (χ4v) is 4.88. The van der Waals surface area contributed by atoms with Crippen LogP contribution in [0.25, 0.3) is 10.9 Å². The van der Waals surface area contributed by atoms with Crippen molar-refractivity contribution in [3.05, 3.63) is 30.2 Å². The molecule has 5 nitrogen and oxygen atoms in total. The summed E-state index contributed by atoms with van der Waals surface area (Å²) < 4.78 is 45.5. The van der Waals surface area contributed by atoms with E-state index < -0.39 is 17.5 Å². The zero-order valence-corrected chi connectivity index (χ0v) is 17.2. The fraction of sp³-hybridized carbons (Fsp3) is 0.636. The number of anilines is 1. The van der Waals surface area contributed by atoms with Gasteiger partial charge in [0.1, 0.15) is 5.52 Å². The highest BCUT2D eigenvalue weighted by molar-refractivity contribution is 5.92. The van der Waals surface area contributed by atoms with E-state index in [1.807, 2.05) is 0 Å². The van der Waals surface area contributed by atoms with Gasteiger partial charge in [-0.05, 0) is 56.1 Å². The van der Waals surface area contributed by atoms with E-state index in [-0.39, 0.29) is 5.52 Å². The standard InChI is InChI=1S/C22H28F3N3O2/c1-15-11-16(4-5-21(29)6-9-30-10-7-21)14-28(13-15)18-12-27-20(22(23,24)25)19-17(18)3-2-8-26-19/h2-3,8,12,15-16,29H,4-7,9-11,13-14H2,1H3/t15-,16+/m0/s1. The first-order chi connectivity index (χ1) is 14.3. The van der Waals surface area contributed by atoms with E-state index >= 15 is 0 Å². The molecule has 0 saturated carbocycles. The van der Waals surface area contributed by atoms with Crippen molar-refractivity contribution in [2.45, 2.75) is 50.8 Å². The lowest BCUT2D eigenvalue weighted by atomic mass is 9.81. The van der Waals surface area contributed by atoms with E-state index in [0.717, 1.165) is 32.4 Å². The summed E-state index contributed by atoms with van der Waals surface area (Å²) in [6.45, 7) is 4.87. The molecule has 2 aromatic rings. The van der Waals surface area contributed by atoms with E-state index in [0.29, 0.717) is 49.0 Å².